The summed E-state index contributed by atoms with van der Waals surface area (Å²) in [6.07, 6.45) is 8.87. The van der Waals surface area contributed by atoms with Crippen LogP contribution in [-0.2, 0) is 0 Å². The third-order valence-electron chi connectivity index (χ3n) is 3.55. The van der Waals surface area contributed by atoms with Crippen molar-refractivity contribution in [3.8, 4) is 0 Å². The number of carbonyl (C=O) groups is 1. The zero-order valence-corrected chi connectivity index (χ0v) is 11.3. The molecule has 18 heavy (non-hydrogen) atoms. The maximum absolute atomic E-state index is 10.7. The van der Waals surface area contributed by atoms with Gasteiger partial charge in [0.05, 0.1) is 11.9 Å². The molecular weight excluding hydrogens is 248 g/mol. The van der Waals surface area contributed by atoms with Crippen molar-refractivity contribution in [2.24, 2.45) is 0 Å². The van der Waals surface area contributed by atoms with Crippen LogP contribution >= 0.6 is 11.8 Å². The van der Waals surface area contributed by atoms with E-state index in [-0.39, 0.29) is 5.69 Å². The highest BCUT2D eigenvalue weighted by atomic mass is 32.2. The predicted octanol–water partition coefficient (Wildman–Crippen LogP) is 2.87. The standard InChI is InChI=1S/C13H18N2O2S/c1-18-13(6-2-3-7-13)9-15-10-4-5-11(12(16)17)14-8-10/h4-5,8,15H,2-3,6-7,9H2,1H3,(H,16,17). The van der Waals surface area contributed by atoms with E-state index in [0.29, 0.717) is 4.75 Å². The van der Waals surface area contributed by atoms with Crippen LogP contribution in [0.1, 0.15) is 36.2 Å². The highest BCUT2D eigenvalue weighted by Gasteiger charge is 2.32. The lowest BCUT2D eigenvalue weighted by Crippen LogP contribution is -2.30. The number of anilines is 1. The first-order valence-corrected chi connectivity index (χ1v) is 7.36. The predicted molar refractivity (Wildman–Crippen MR) is 74.4 cm³/mol. The van der Waals surface area contributed by atoms with E-state index >= 15 is 0 Å². The van der Waals surface area contributed by atoms with Gasteiger partial charge in [0.25, 0.3) is 0 Å². The summed E-state index contributed by atoms with van der Waals surface area (Å²) in [5.41, 5.74) is 0.973. The van der Waals surface area contributed by atoms with E-state index in [1.54, 1.807) is 12.3 Å². The molecule has 1 aromatic heterocycles. The van der Waals surface area contributed by atoms with Gasteiger partial charge in [-0.15, -0.1) is 0 Å². The Morgan fingerprint density at radius 1 is 1.50 bits per heavy atom. The number of thioether (sulfide) groups is 1. The minimum Gasteiger partial charge on any atom is -0.477 e. The molecule has 1 aliphatic carbocycles. The molecule has 0 bridgehead atoms. The first-order valence-electron chi connectivity index (χ1n) is 6.14. The number of hydrogen-bond donors (Lipinski definition) is 2. The van der Waals surface area contributed by atoms with Gasteiger partial charge in [0.2, 0.25) is 0 Å². The average molecular weight is 266 g/mol. The lowest BCUT2D eigenvalue weighted by Gasteiger charge is -2.27. The van der Waals surface area contributed by atoms with Gasteiger partial charge in [0.1, 0.15) is 5.69 Å². The van der Waals surface area contributed by atoms with Crippen LogP contribution in [0.2, 0.25) is 0 Å². The van der Waals surface area contributed by atoms with Gasteiger partial charge in [-0.25, -0.2) is 9.78 Å². The minimum absolute atomic E-state index is 0.0843. The fourth-order valence-corrected chi connectivity index (χ4v) is 3.27. The Labute approximate surface area is 111 Å². The molecule has 98 valence electrons. The normalized spacial score (nSPS) is 17.6. The van der Waals surface area contributed by atoms with E-state index < -0.39 is 5.97 Å². The summed E-state index contributed by atoms with van der Waals surface area (Å²) >= 11 is 1.93. The molecule has 1 heterocycles. The zero-order valence-electron chi connectivity index (χ0n) is 10.5. The SMILES string of the molecule is CSC1(CNc2ccc(C(=O)O)nc2)CCCC1. The number of carboxylic acids is 1. The summed E-state index contributed by atoms with van der Waals surface area (Å²) in [5, 5.41) is 12.1. The fraction of sp³-hybridized carbons (Fsp3) is 0.538. The maximum atomic E-state index is 10.7. The van der Waals surface area contributed by atoms with Gasteiger partial charge in [0, 0.05) is 11.3 Å². The van der Waals surface area contributed by atoms with Crippen molar-refractivity contribution in [3.63, 3.8) is 0 Å². The second kappa shape index (κ2) is 5.61. The van der Waals surface area contributed by atoms with Crippen molar-refractivity contribution >= 4 is 23.4 Å². The van der Waals surface area contributed by atoms with E-state index in [9.17, 15) is 4.79 Å². The van der Waals surface area contributed by atoms with Gasteiger partial charge in [-0.05, 0) is 31.2 Å². The Kier molecular flexibility index (Phi) is 4.11. The molecule has 1 aromatic rings. The van der Waals surface area contributed by atoms with Crippen LogP contribution in [-0.4, -0.2) is 33.6 Å². The summed E-state index contributed by atoms with van der Waals surface area (Å²) in [6, 6.07) is 3.31. The van der Waals surface area contributed by atoms with Crippen molar-refractivity contribution in [1.82, 2.24) is 4.98 Å². The summed E-state index contributed by atoms with van der Waals surface area (Å²) in [5.74, 6) is -0.988. The van der Waals surface area contributed by atoms with Crippen molar-refractivity contribution in [1.29, 1.82) is 0 Å². The van der Waals surface area contributed by atoms with E-state index in [1.807, 2.05) is 11.8 Å². The zero-order chi connectivity index (χ0) is 13.0. The van der Waals surface area contributed by atoms with Gasteiger partial charge < -0.3 is 10.4 Å². The molecule has 0 amide bonds. The average Bonchev–Trinajstić information content (AvgIpc) is 2.86. The maximum Gasteiger partial charge on any atom is 0.354 e. The third kappa shape index (κ3) is 2.96. The number of carboxylic acid groups (broad SMARTS) is 1. The van der Waals surface area contributed by atoms with E-state index in [1.165, 1.54) is 31.7 Å². The quantitative estimate of drug-likeness (QED) is 0.858. The fourth-order valence-electron chi connectivity index (χ4n) is 2.36. The van der Waals surface area contributed by atoms with Crippen molar-refractivity contribution in [3.05, 3.63) is 24.0 Å². The first-order chi connectivity index (χ1) is 8.65. The van der Waals surface area contributed by atoms with Gasteiger partial charge in [0.15, 0.2) is 0 Å². The van der Waals surface area contributed by atoms with Crippen LogP contribution in [0.3, 0.4) is 0 Å². The molecule has 0 spiro atoms. The molecule has 2 rings (SSSR count). The summed E-state index contributed by atoms with van der Waals surface area (Å²) in [6.45, 7) is 0.919. The second-order valence-electron chi connectivity index (χ2n) is 4.69. The number of nitrogens with zero attached hydrogens (tertiary/aromatic N) is 1. The smallest absolute Gasteiger partial charge is 0.354 e. The van der Waals surface area contributed by atoms with Crippen molar-refractivity contribution < 1.29 is 9.90 Å². The van der Waals surface area contributed by atoms with Crippen molar-refractivity contribution in [2.75, 3.05) is 18.1 Å². The number of pyridine rings is 1. The molecule has 4 nitrogen and oxygen atoms in total. The third-order valence-corrected chi connectivity index (χ3v) is 4.96. The van der Waals surface area contributed by atoms with Gasteiger partial charge in [-0.1, -0.05) is 12.8 Å². The van der Waals surface area contributed by atoms with Crippen molar-refractivity contribution in [2.45, 2.75) is 30.4 Å². The molecule has 0 aromatic carbocycles. The first kappa shape index (κ1) is 13.2. The van der Waals surface area contributed by atoms with Crippen LogP contribution < -0.4 is 5.32 Å². The summed E-state index contributed by atoms with van der Waals surface area (Å²) < 4.78 is 0.339. The molecular formula is C13H18N2O2S. The van der Waals surface area contributed by atoms with Crippen LogP contribution in [0.5, 0.6) is 0 Å². The summed E-state index contributed by atoms with van der Waals surface area (Å²) in [7, 11) is 0. The lowest BCUT2D eigenvalue weighted by molar-refractivity contribution is 0.0690. The highest BCUT2D eigenvalue weighted by molar-refractivity contribution is 8.00. The Morgan fingerprint density at radius 2 is 2.22 bits per heavy atom. The second-order valence-corrected chi connectivity index (χ2v) is 5.96. The lowest BCUT2D eigenvalue weighted by atomic mass is 10.1. The molecule has 0 aliphatic heterocycles. The van der Waals surface area contributed by atoms with E-state index in [2.05, 4.69) is 16.6 Å². The molecule has 1 aliphatic rings. The minimum atomic E-state index is -0.988. The molecule has 1 saturated carbocycles. The largest absolute Gasteiger partial charge is 0.477 e. The Hall–Kier alpha value is -1.23. The van der Waals surface area contributed by atoms with E-state index in [4.69, 9.17) is 5.11 Å². The van der Waals surface area contributed by atoms with Gasteiger partial charge >= 0.3 is 5.97 Å². The topological polar surface area (TPSA) is 62.2 Å². The van der Waals surface area contributed by atoms with Crippen LogP contribution in [0.15, 0.2) is 18.3 Å². The molecule has 2 N–H and O–H groups in total. The molecule has 5 heteroatoms. The number of hydrogen-bond acceptors (Lipinski definition) is 4. The van der Waals surface area contributed by atoms with Crippen LogP contribution in [0, 0.1) is 0 Å². The van der Waals surface area contributed by atoms with Crippen LogP contribution in [0.4, 0.5) is 5.69 Å². The monoisotopic (exact) mass is 266 g/mol. The van der Waals surface area contributed by atoms with Gasteiger partial charge in [-0.2, -0.15) is 11.8 Å². The number of aromatic nitrogens is 1. The number of aromatic carboxylic acids is 1. The molecule has 1 fully saturated rings. The Morgan fingerprint density at radius 3 is 2.72 bits per heavy atom. The number of rotatable bonds is 5. The molecule has 0 atom stereocenters. The Balaban J connectivity index is 1.95. The number of nitrogens with one attached hydrogen (secondary N) is 1. The van der Waals surface area contributed by atoms with Crippen LogP contribution in [0.25, 0.3) is 0 Å². The van der Waals surface area contributed by atoms with E-state index in [0.717, 1.165) is 12.2 Å². The molecule has 0 saturated heterocycles. The van der Waals surface area contributed by atoms with Gasteiger partial charge in [-0.3, -0.25) is 0 Å². The highest BCUT2D eigenvalue weighted by Crippen LogP contribution is 2.40. The summed E-state index contributed by atoms with van der Waals surface area (Å²) in [4.78, 5) is 14.6. The molecule has 0 unspecified atom stereocenters. The molecule has 0 radical (unpaired) electrons. The Bertz CT molecular complexity index is 414.